The summed E-state index contributed by atoms with van der Waals surface area (Å²) in [5, 5.41) is 3.24. The molecule has 0 saturated carbocycles. The topological polar surface area (TPSA) is 106 Å². The van der Waals surface area contributed by atoms with Crippen LogP contribution in [0.15, 0.2) is 74.9 Å². The number of nitrogens with one attached hydrogen (secondary N) is 2. The highest BCUT2D eigenvalue weighted by Crippen LogP contribution is 2.32. The molecule has 8 nitrogen and oxygen atoms in total. The van der Waals surface area contributed by atoms with Crippen LogP contribution in [0.4, 0.5) is 14.6 Å². The Balaban J connectivity index is 1.57. The summed E-state index contributed by atoms with van der Waals surface area (Å²) < 4.78 is 62.7. The Labute approximate surface area is 205 Å². The number of sulfonamides is 1. The van der Waals surface area contributed by atoms with E-state index in [4.69, 9.17) is 4.42 Å². The van der Waals surface area contributed by atoms with E-state index in [0.29, 0.717) is 0 Å². The molecule has 3 heterocycles. The van der Waals surface area contributed by atoms with E-state index in [9.17, 15) is 17.6 Å². The SMILES string of the molecule is C[C@H](c1ccccc1C1=CNCCC1)n1c(=O)oc2cc(S(=O)(=O)Nc3cccc(F)n3)c(F)cc21. The number of hydrogen-bond acceptors (Lipinski definition) is 6. The van der Waals surface area contributed by atoms with Crippen LogP contribution in [-0.4, -0.2) is 24.5 Å². The fourth-order valence-corrected chi connectivity index (χ4v) is 5.50. The maximum absolute atomic E-state index is 15.1. The summed E-state index contributed by atoms with van der Waals surface area (Å²) in [6.45, 7) is 2.69. The monoisotopic (exact) mass is 512 g/mol. The van der Waals surface area contributed by atoms with E-state index in [1.807, 2.05) is 35.2 Å². The number of rotatable bonds is 6. The molecule has 2 aromatic heterocycles. The number of pyridine rings is 1. The zero-order valence-corrected chi connectivity index (χ0v) is 20.0. The Hall–Kier alpha value is -3.99. The highest BCUT2D eigenvalue weighted by atomic mass is 32.2. The van der Waals surface area contributed by atoms with Crippen molar-refractivity contribution in [3.8, 4) is 0 Å². The summed E-state index contributed by atoms with van der Waals surface area (Å²) in [6.07, 6.45) is 3.81. The van der Waals surface area contributed by atoms with Crippen LogP contribution in [0, 0.1) is 11.8 Å². The number of aromatic nitrogens is 2. The summed E-state index contributed by atoms with van der Waals surface area (Å²) >= 11 is 0. The van der Waals surface area contributed by atoms with E-state index >= 15 is 4.39 Å². The van der Waals surface area contributed by atoms with Crippen LogP contribution in [0.1, 0.15) is 36.9 Å². The largest absolute Gasteiger partial charge is 0.420 e. The fourth-order valence-electron chi connectivity index (χ4n) is 4.42. The Kier molecular flexibility index (Phi) is 6.09. The molecule has 0 fully saturated rings. The lowest BCUT2D eigenvalue weighted by Gasteiger charge is -2.21. The van der Waals surface area contributed by atoms with Gasteiger partial charge in [0.1, 0.15) is 16.5 Å². The molecule has 0 spiro atoms. The van der Waals surface area contributed by atoms with Crippen molar-refractivity contribution < 1.29 is 21.6 Å². The third-order valence-electron chi connectivity index (χ3n) is 6.10. The van der Waals surface area contributed by atoms with Gasteiger partial charge in [0.25, 0.3) is 10.0 Å². The van der Waals surface area contributed by atoms with Crippen LogP contribution in [0.2, 0.25) is 0 Å². The Morgan fingerprint density at radius 3 is 2.69 bits per heavy atom. The molecule has 4 aromatic rings. The van der Waals surface area contributed by atoms with Gasteiger partial charge in [-0.05, 0) is 48.6 Å². The molecule has 1 aliphatic rings. The molecule has 0 radical (unpaired) electrons. The van der Waals surface area contributed by atoms with E-state index in [2.05, 4.69) is 10.3 Å². The average molecular weight is 513 g/mol. The molecule has 0 bridgehead atoms. The first-order valence-electron chi connectivity index (χ1n) is 11.3. The van der Waals surface area contributed by atoms with Crippen molar-refractivity contribution in [1.82, 2.24) is 14.9 Å². The van der Waals surface area contributed by atoms with Crippen molar-refractivity contribution in [1.29, 1.82) is 0 Å². The van der Waals surface area contributed by atoms with Crippen LogP contribution in [-0.2, 0) is 10.0 Å². The first-order chi connectivity index (χ1) is 17.2. The second-order valence-electron chi connectivity index (χ2n) is 8.43. The third-order valence-corrected chi connectivity index (χ3v) is 7.47. The lowest BCUT2D eigenvalue weighted by molar-refractivity contribution is 0.489. The molecule has 0 amide bonds. The minimum absolute atomic E-state index is 0.100. The van der Waals surface area contributed by atoms with Crippen molar-refractivity contribution in [3.63, 3.8) is 0 Å². The predicted octanol–water partition coefficient (Wildman–Crippen LogP) is 4.40. The van der Waals surface area contributed by atoms with Crippen molar-refractivity contribution in [2.75, 3.05) is 11.3 Å². The van der Waals surface area contributed by atoms with Gasteiger partial charge in [0.05, 0.1) is 11.6 Å². The molecule has 0 unspecified atom stereocenters. The van der Waals surface area contributed by atoms with Gasteiger partial charge in [0.15, 0.2) is 5.58 Å². The molecule has 186 valence electrons. The molecular formula is C25H22F2N4O4S. The summed E-state index contributed by atoms with van der Waals surface area (Å²) in [5.41, 5.74) is 2.91. The number of allylic oxidation sites excluding steroid dienone is 1. The van der Waals surface area contributed by atoms with Crippen LogP contribution >= 0.6 is 0 Å². The summed E-state index contributed by atoms with van der Waals surface area (Å²) in [6, 6.07) is 12.5. The molecule has 36 heavy (non-hydrogen) atoms. The lowest BCUT2D eigenvalue weighted by atomic mass is 9.92. The molecule has 2 N–H and O–H groups in total. The number of oxazole rings is 1. The van der Waals surface area contributed by atoms with E-state index in [0.717, 1.165) is 54.3 Å². The quantitative estimate of drug-likeness (QED) is 0.371. The van der Waals surface area contributed by atoms with Gasteiger partial charge in [-0.25, -0.2) is 22.6 Å². The van der Waals surface area contributed by atoms with Crippen molar-refractivity contribution >= 4 is 32.5 Å². The normalized spacial score (nSPS) is 14.8. The molecular weight excluding hydrogens is 490 g/mol. The Morgan fingerprint density at radius 1 is 1.14 bits per heavy atom. The van der Waals surface area contributed by atoms with E-state index in [1.54, 1.807) is 6.92 Å². The maximum Gasteiger partial charge on any atom is 0.420 e. The summed E-state index contributed by atoms with van der Waals surface area (Å²) in [4.78, 5) is 15.5. The minimum Gasteiger partial charge on any atom is -0.408 e. The van der Waals surface area contributed by atoms with Gasteiger partial charge < -0.3 is 9.73 Å². The van der Waals surface area contributed by atoms with Gasteiger partial charge in [-0.1, -0.05) is 30.3 Å². The second-order valence-corrected chi connectivity index (χ2v) is 10.1. The molecule has 5 rings (SSSR count). The zero-order chi connectivity index (χ0) is 25.4. The van der Waals surface area contributed by atoms with E-state index in [-0.39, 0.29) is 16.9 Å². The molecule has 2 aromatic carbocycles. The number of benzene rings is 2. The summed E-state index contributed by atoms with van der Waals surface area (Å²) in [7, 11) is -4.49. The lowest BCUT2D eigenvalue weighted by Crippen LogP contribution is -2.21. The standard InChI is InChI=1S/C25H22F2N4O4S/c1-15(17-7-2-3-8-18(17)16-6-5-11-28-14-16)31-20-12-19(26)22(13-21(20)35-25(31)32)36(33,34)30-24-10-4-9-23(27)29-24/h2-4,7-10,12-15,28H,5-6,11H2,1H3,(H,29,30)/t15-/m1/s1. The highest BCUT2D eigenvalue weighted by molar-refractivity contribution is 7.92. The van der Waals surface area contributed by atoms with Crippen LogP contribution in [0.3, 0.4) is 0 Å². The molecule has 1 atom stereocenters. The molecule has 11 heteroatoms. The average Bonchev–Trinajstić information content (AvgIpc) is 3.18. The zero-order valence-electron chi connectivity index (χ0n) is 19.2. The van der Waals surface area contributed by atoms with Crippen LogP contribution in [0.5, 0.6) is 0 Å². The Morgan fingerprint density at radius 2 is 1.94 bits per heavy atom. The second kappa shape index (κ2) is 9.23. The Bertz CT molecular complexity index is 1660. The fraction of sp³-hybridized carbons (Fsp3) is 0.200. The first-order valence-corrected chi connectivity index (χ1v) is 12.7. The van der Waals surface area contributed by atoms with E-state index < -0.39 is 38.5 Å². The van der Waals surface area contributed by atoms with Gasteiger partial charge in [0.2, 0.25) is 5.95 Å². The van der Waals surface area contributed by atoms with Gasteiger partial charge in [0, 0.05) is 24.9 Å². The smallest absolute Gasteiger partial charge is 0.408 e. The van der Waals surface area contributed by atoms with E-state index in [1.165, 1.54) is 16.7 Å². The molecule has 0 saturated heterocycles. The summed E-state index contributed by atoms with van der Waals surface area (Å²) in [5.74, 6) is -3.06. The van der Waals surface area contributed by atoms with Gasteiger partial charge in [-0.2, -0.15) is 4.39 Å². The number of nitrogens with zero attached hydrogens (tertiary/aromatic N) is 2. The predicted molar refractivity (Wildman–Crippen MR) is 131 cm³/mol. The van der Waals surface area contributed by atoms with Gasteiger partial charge in [-0.3, -0.25) is 9.29 Å². The number of halogens is 2. The first kappa shape index (κ1) is 23.7. The number of anilines is 1. The third kappa shape index (κ3) is 4.37. The van der Waals surface area contributed by atoms with Crippen molar-refractivity contribution in [3.05, 3.63) is 94.2 Å². The highest BCUT2D eigenvalue weighted by Gasteiger charge is 2.26. The number of fused-ring (bicyclic) bond motifs is 1. The van der Waals surface area contributed by atoms with Crippen LogP contribution in [0.25, 0.3) is 16.7 Å². The van der Waals surface area contributed by atoms with Crippen LogP contribution < -0.4 is 15.8 Å². The van der Waals surface area contributed by atoms with Crippen molar-refractivity contribution in [2.24, 2.45) is 0 Å². The molecule has 1 aliphatic heterocycles. The maximum atomic E-state index is 15.1. The van der Waals surface area contributed by atoms with Crippen molar-refractivity contribution in [2.45, 2.75) is 30.7 Å². The minimum atomic E-state index is -4.49. The van der Waals surface area contributed by atoms with Gasteiger partial charge in [-0.15, -0.1) is 0 Å². The van der Waals surface area contributed by atoms with Gasteiger partial charge >= 0.3 is 5.76 Å². The number of hydrogen-bond donors (Lipinski definition) is 2. The molecule has 0 aliphatic carbocycles.